The molecule has 1 unspecified atom stereocenters. The van der Waals surface area contributed by atoms with Crippen molar-refractivity contribution in [2.24, 2.45) is 5.73 Å². The van der Waals surface area contributed by atoms with Crippen molar-refractivity contribution in [3.63, 3.8) is 0 Å². The van der Waals surface area contributed by atoms with Gasteiger partial charge in [-0.1, -0.05) is 13.0 Å². The SMILES string of the molecule is CCc1nc(-c2cccc(OC)c2OC)sc1C(C)N. The molecular weight excluding hydrogens is 272 g/mol. The summed E-state index contributed by atoms with van der Waals surface area (Å²) in [6.45, 7) is 4.08. The van der Waals surface area contributed by atoms with Gasteiger partial charge in [0, 0.05) is 10.9 Å². The highest BCUT2D eigenvalue weighted by Crippen LogP contribution is 2.41. The predicted octanol–water partition coefficient (Wildman–Crippen LogP) is 3.41. The maximum Gasteiger partial charge on any atom is 0.170 e. The number of nitrogens with zero attached hydrogens (tertiary/aromatic N) is 1. The Hall–Kier alpha value is -1.59. The van der Waals surface area contributed by atoms with E-state index in [2.05, 4.69) is 6.92 Å². The summed E-state index contributed by atoms with van der Waals surface area (Å²) in [6.07, 6.45) is 0.875. The molecule has 0 spiro atoms. The summed E-state index contributed by atoms with van der Waals surface area (Å²) >= 11 is 1.62. The van der Waals surface area contributed by atoms with Crippen LogP contribution in [0, 0.1) is 0 Å². The van der Waals surface area contributed by atoms with Crippen LogP contribution in [-0.2, 0) is 6.42 Å². The molecular formula is C15H20N2O2S. The highest BCUT2D eigenvalue weighted by molar-refractivity contribution is 7.15. The number of nitrogens with two attached hydrogens (primary N) is 1. The topological polar surface area (TPSA) is 57.4 Å². The largest absolute Gasteiger partial charge is 0.493 e. The molecule has 108 valence electrons. The van der Waals surface area contributed by atoms with Crippen molar-refractivity contribution in [1.82, 2.24) is 4.98 Å². The Bertz CT molecular complexity index is 594. The fraction of sp³-hybridized carbons (Fsp3) is 0.400. The van der Waals surface area contributed by atoms with E-state index in [0.29, 0.717) is 11.5 Å². The monoisotopic (exact) mass is 292 g/mol. The van der Waals surface area contributed by atoms with E-state index in [1.54, 1.807) is 25.6 Å². The summed E-state index contributed by atoms with van der Waals surface area (Å²) < 4.78 is 10.8. The lowest BCUT2D eigenvalue weighted by Crippen LogP contribution is -2.05. The Labute approximate surface area is 123 Å². The van der Waals surface area contributed by atoms with E-state index >= 15 is 0 Å². The summed E-state index contributed by atoms with van der Waals surface area (Å²) in [4.78, 5) is 5.84. The average Bonchev–Trinajstić information content (AvgIpc) is 2.90. The second kappa shape index (κ2) is 6.24. The molecule has 1 heterocycles. The Morgan fingerprint density at radius 1 is 1.30 bits per heavy atom. The van der Waals surface area contributed by atoms with Gasteiger partial charge in [-0.3, -0.25) is 0 Å². The highest BCUT2D eigenvalue weighted by Gasteiger charge is 2.18. The van der Waals surface area contributed by atoms with E-state index in [9.17, 15) is 0 Å². The number of benzene rings is 1. The van der Waals surface area contributed by atoms with E-state index in [-0.39, 0.29) is 6.04 Å². The van der Waals surface area contributed by atoms with Crippen LogP contribution in [0.3, 0.4) is 0 Å². The van der Waals surface area contributed by atoms with E-state index in [4.69, 9.17) is 20.2 Å². The van der Waals surface area contributed by atoms with Crippen LogP contribution in [0.15, 0.2) is 18.2 Å². The third-order valence-electron chi connectivity index (χ3n) is 3.11. The lowest BCUT2D eigenvalue weighted by molar-refractivity contribution is 0.356. The first-order valence-corrected chi connectivity index (χ1v) is 7.40. The molecule has 1 aromatic heterocycles. The maximum atomic E-state index is 6.02. The molecule has 2 aromatic rings. The minimum absolute atomic E-state index is 0.00666. The van der Waals surface area contributed by atoms with Gasteiger partial charge in [-0.15, -0.1) is 11.3 Å². The fourth-order valence-electron chi connectivity index (χ4n) is 2.14. The van der Waals surface area contributed by atoms with Crippen LogP contribution >= 0.6 is 11.3 Å². The van der Waals surface area contributed by atoms with Crippen molar-refractivity contribution in [1.29, 1.82) is 0 Å². The van der Waals surface area contributed by atoms with Crippen molar-refractivity contribution in [3.05, 3.63) is 28.8 Å². The van der Waals surface area contributed by atoms with Gasteiger partial charge in [0.2, 0.25) is 0 Å². The molecule has 0 aliphatic rings. The summed E-state index contributed by atoms with van der Waals surface area (Å²) in [7, 11) is 3.27. The van der Waals surface area contributed by atoms with Gasteiger partial charge in [-0.25, -0.2) is 4.98 Å². The van der Waals surface area contributed by atoms with Crippen LogP contribution in [-0.4, -0.2) is 19.2 Å². The van der Waals surface area contributed by atoms with Gasteiger partial charge in [0.1, 0.15) is 5.01 Å². The molecule has 0 amide bonds. The third kappa shape index (κ3) is 2.64. The minimum Gasteiger partial charge on any atom is -0.493 e. The molecule has 0 radical (unpaired) electrons. The first-order chi connectivity index (χ1) is 9.62. The molecule has 0 aliphatic heterocycles. The van der Waals surface area contributed by atoms with Gasteiger partial charge in [0.15, 0.2) is 11.5 Å². The van der Waals surface area contributed by atoms with Crippen LogP contribution in [0.5, 0.6) is 11.5 Å². The maximum absolute atomic E-state index is 6.02. The van der Waals surface area contributed by atoms with Crippen LogP contribution in [0.2, 0.25) is 0 Å². The highest BCUT2D eigenvalue weighted by atomic mass is 32.1. The zero-order valence-corrected chi connectivity index (χ0v) is 13.1. The van der Waals surface area contributed by atoms with Crippen LogP contribution < -0.4 is 15.2 Å². The van der Waals surface area contributed by atoms with Gasteiger partial charge < -0.3 is 15.2 Å². The van der Waals surface area contributed by atoms with Crippen molar-refractivity contribution < 1.29 is 9.47 Å². The standard InChI is InChI=1S/C15H20N2O2S/c1-5-11-14(9(2)16)20-15(17-11)10-7-6-8-12(18-3)13(10)19-4/h6-9H,5,16H2,1-4H3. The van der Waals surface area contributed by atoms with E-state index in [1.165, 1.54) is 0 Å². The van der Waals surface area contributed by atoms with Crippen molar-refractivity contribution in [2.45, 2.75) is 26.3 Å². The quantitative estimate of drug-likeness (QED) is 0.917. The number of rotatable bonds is 5. The second-order valence-corrected chi connectivity index (χ2v) is 5.54. The Morgan fingerprint density at radius 3 is 2.55 bits per heavy atom. The van der Waals surface area contributed by atoms with Gasteiger partial charge >= 0.3 is 0 Å². The van der Waals surface area contributed by atoms with Gasteiger partial charge in [0.05, 0.1) is 25.5 Å². The summed E-state index contributed by atoms with van der Waals surface area (Å²) in [5.41, 5.74) is 8.03. The smallest absolute Gasteiger partial charge is 0.170 e. The zero-order valence-electron chi connectivity index (χ0n) is 12.3. The summed E-state index contributed by atoms with van der Waals surface area (Å²) in [5.74, 6) is 1.42. The van der Waals surface area contributed by atoms with Gasteiger partial charge in [-0.05, 0) is 25.5 Å². The van der Waals surface area contributed by atoms with E-state index < -0.39 is 0 Å². The molecule has 2 rings (SSSR count). The normalized spacial score (nSPS) is 12.2. The van der Waals surface area contributed by atoms with Gasteiger partial charge in [-0.2, -0.15) is 0 Å². The molecule has 20 heavy (non-hydrogen) atoms. The number of aryl methyl sites for hydroxylation is 1. The summed E-state index contributed by atoms with van der Waals surface area (Å²) in [5, 5.41) is 0.921. The molecule has 0 fully saturated rings. The molecule has 0 saturated heterocycles. The first kappa shape index (κ1) is 14.8. The predicted molar refractivity (Wildman–Crippen MR) is 82.6 cm³/mol. The van der Waals surface area contributed by atoms with Crippen molar-refractivity contribution in [2.75, 3.05) is 14.2 Å². The average molecular weight is 292 g/mol. The molecule has 5 heteroatoms. The van der Waals surface area contributed by atoms with Gasteiger partial charge in [0.25, 0.3) is 0 Å². The third-order valence-corrected chi connectivity index (χ3v) is 4.44. The number of thiazole rings is 1. The second-order valence-electron chi connectivity index (χ2n) is 4.51. The fourth-order valence-corrected chi connectivity index (χ4v) is 3.27. The number of methoxy groups -OCH3 is 2. The minimum atomic E-state index is -0.00666. The number of hydrogen-bond acceptors (Lipinski definition) is 5. The lowest BCUT2D eigenvalue weighted by atomic mass is 10.2. The summed E-state index contributed by atoms with van der Waals surface area (Å²) in [6, 6.07) is 5.80. The van der Waals surface area contributed by atoms with Crippen molar-refractivity contribution >= 4 is 11.3 Å². The van der Waals surface area contributed by atoms with E-state index in [1.807, 2.05) is 25.1 Å². The molecule has 0 saturated carbocycles. The molecule has 4 nitrogen and oxygen atoms in total. The number of aromatic nitrogens is 1. The Kier molecular flexibility index (Phi) is 4.62. The molecule has 0 bridgehead atoms. The number of ether oxygens (including phenoxy) is 2. The molecule has 0 aliphatic carbocycles. The lowest BCUT2D eigenvalue weighted by Gasteiger charge is -2.10. The Morgan fingerprint density at radius 2 is 2.05 bits per heavy atom. The zero-order chi connectivity index (χ0) is 14.7. The number of hydrogen-bond donors (Lipinski definition) is 1. The van der Waals surface area contributed by atoms with Crippen molar-refractivity contribution in [3.8, 4) is 22.1 Å². The van der Waals surface area contributed by atoms with Crippen LogP contribution in [0.4, 0.5) is 0 Å². The molecule has 1 atom stereocenters. The molecule has 1 aromatic carbocycles. The number of para-hydroxylation sites is 1. The van der Waals surface area contributed by atoms with E-state index in [0.717, 1.165) is 27.6 Å². The van der Waals surface area contributed by atoms with Crippen LogP contribution in [0.25, 0.3) is 10.6 Å². The molecule has 2 N–H and O–H groups in total. The Balaban J connectivity index is 2.57. The first-order valence-electron chi connectivity index (χ1n) is 6.58. The van der Waals surface area contributed by atoms with Crippen LogP contribution in [0.1, 0.15) is 30.5 Å².